The van der Waals surface area contributed by atoms with Crippen molar-refractivity contribution in [2.75, 3.05) is 0 Å². The highest BCUT2D eigenvalue weighted by atomic mass is 31.2. The van der Waals surface area contributed by atoms with Gasteiger partial charge in [0.1, 0.15) is 0 Å². The van der Waals surface area contributed by atoms with Gasteiger partial charge in [0.05, 0.1) is 12.5 Å². The minimum atomic E-state index is -1.83. The van der Waals surface area contributed by atoms with Crippen molar-refractivity contribution < 1.29 is 4.42 Å². The van der Waals surface area contributed by atoms with Crippen LogP contribution in [0.4, 0.5) is 0 Å². The fourth-order valence-corrected chi connectivity index (χ4v) is 7.58. The van der Waals surface area contributed by atoms with Crippen LogP contribution < -0.4 is 15.9 Å². The van der Waals surface area contributed by atoms with Gasteiger partial charge >= 0.3 is 0 Å². The lowest BCUT2D eigenvalue weighted by Crippen LogP contribution is -2.27. The Balaban J connectivity index is 1.91. The predicted molar refractivity (Wildman–Crippen MR) is 118 cm³/mol. The molecule has 27 heavy (non-hydrogen) atoms. The van der Waals surface area contributed by atoms with Crippen molar-refractivity contribution in [1.82, 2.24) is 0 Å². The topological polar surface area (TPSA) is 13.1 Å². The van der Waals surface area contributed by atoms with E-state index >= 15 is 0 Å². The molecule has 1 heterocycles. The third-order valence-electron chi connectivity index (χ3n) is 4.91. The SMILES string of the molecule is C(CCc1ccoc1)=P(c1ccccc1)(c1ccccc1)c1ccccc1. The summed E-state index contributed by atoms with van der Waals surface area (Å²) >= 11 is 0. The van der Waals surface area contributed by atoms with Crippen molar-refractivity contribution in [3.63, 3.8) is 0 Å². The summed E-state index contributed by atoms with van der Waals surface area (Å²) in [5, 5.41) is 4.19. The molecule has 2 heteroatoms. The fraction of sp³-hybridized carbons (Fsp3) is 0.0800. The Kier molecular flexibility index (Phi) is 5.42. The maximum atomic E-state index is 5.25. The van der Waals surface area contributed by atoms with Crippen LogP contribution in [-0.2, 0) is 6.42 Å². The minimum absolute atomic E-state index is 0.991. The van der Waals surface area contributed by atoms with Gasteiger partial charge < -0.3 is 4.42 Å². The number of rotatable bonds is 6. The third-order valence-corrected chi connectivity index (χ3v) is 9.05. The van der Waals surface area contributed by atoms with Crippen LogP contribution in [0.5, 0.6) is 0 Å². The third kappa shape index (κ3) is 3.70. The van der Waals surface area contributed by atoms with E-state index in [1.165, 1.54) is 21.5 Å². The molecule has 0 N–H and O–H groups in total. The molecule has 0 aliphatic carbocycles. The van der Waals surface area contributed by atoms with Gasteiger partial charge in [-0.1, -0.05) is 96.8 Å². The number of furan rings is 1. The van der Waals surface area contributed by atoms with Gasteiger partial charge in [0.15, 0.2) is 0 Å². The Labute approximate surface area is 161 Å². The number of hydrogen-bond donors (Lipinski definition) is 0. The van der Waals surface area contributed by atoms with Crippen molar-refractivity contribution >= 4 is 28.6 Å². The van der Waals surface area contributed by atoms with E-state index in [9.17, 15) is 0 Å². The summed E-state index contributed by atoms with van der Waals surface area (Å²) in [5.41, 5.74) is 1.25. The lowest BCUT2D eigenvalue weighted by atomic mass is 10.2. The van der Waals surface area contributed by atoms with Gasteiger partial charge in [-0.05, 0) is 47.3 Å². The van der Waals surface area contributed by atoms with Gasteiger partial charge in [-0.15, -0.1) is 0 Å². The molecule has 1 aromatic heterocycles. The second-order valence-electron chi connectivity index (χ2n) is 6.58. The molecule has 4 aromatic rings. The Morgan fingerprint density at radius 2 is 1.11 bits per heavy atom. The normalized spacial score (nSPS) is 11.3. The van der Waals surface area contributed by atoms with Crippen LogP contribution in [0.3, 0.4) is 0 Å². The fourth-order valence-electron chi connectivity index (χ4n) is 3.61. The molecule has 3 aromatic carbocycles. The van der Waals surface area contributed by atoms with Crippen LogP contribution >= 0.6 is 6.89 Å². The molecule has 0 bridgehead atoms. The van der Waals surface area contributed by atoms with Crippen molar-refractivity contribution in [1.29, 1.82) is 0 Å². The summed E-state index contributed by atoms with van der Waals surface area (Å²) in [5.74, 6) is 2.57. The smallest absolute Gasteiger partial charge is 0.0934 e. The minimum Gasteiger partial charge on any atom is -0.472 e. The average Bonchev–Trinajstić information content (AvgIpc) is 3.27. The summed E-state index contributed by atoms with van der Waals surface area (Å²) < 4.78 is 5.25. The van der Waals surface area contributed by atoms with E-state index in [1.807, 2.05) is 6.26 Å². The summed E-state index contributed by atoms with van der Waals surface area (Å²) in [4.78, 5) is 0. The van der Waals surface area contributed by atoms with Gasteiger partial charge in [0, 0.05) is 0 Å². The second kappa shape index (κ2) is 8.29. The van der Waals surface area contributed by atoms with Gasteiger partial charge in [-0.25, -0.2) is 0 Å². The molecule has 0 aliphatic heterocycles. The second-order valence-corrected chi connectivity index (χ2v) is 9.94. The van der Waals surface area contributed by atoms with Crippen molar-refractivity contribution in [2.24, 2.45) is 0 Å². The monoisotopic (exact) mass is 370 g/mol. The van der Waals surface area contributed by atoms with Crippen LogP contribution in [0.15, 0.2) is 114 Å². The number of benzene rings is 3. The van der Waals surface area contributed by atoms with Crippen LogP contribution in [-0.4, -0.2) is 5.80 Å². The molecule has 0 unspecified atom stereocenters. The van der Waals surface area contributed by atoms with Crippen molar-refractivity contribution in [2.45, 2.75) is 12.8 Å². The molecule has 0 radical (unpaired) electrons. The van der Waals surface area contributed by atoms with E-state index in [0.717, 1.165) is 12.8 Å². The van der Waals surface area contributed by atoms with E-state index in [2.05, 4.69) is 103 Å². The first-order chi connectivity index (χ1) is 13.4. The van der Waals surface area contributed by atoms with Gasteiger partial charge in [0.25, 0.3) is 0 Å². The zero-order valence-electron chi connectivity index (χ0n) is 15.2. The predicted octanol–water partition coefficient (Wildman–Crippen LogP) is 5.01. The molecule has 0 saturated carbocycles. The number of aryl methyl sites for hydroxylation is 1. The van der Waals surface area contributed by atoms with Crippen LogP contribution in [0.2, 0.25) is 0 Å². The zero-order chi connectivity index (χ0) is 18.4. The lowest BCUT2D eigenvalue weighted by Gasteiger charge is -2.29. The Morgan fingerprint density at radius 3 is 1.52 bits per heavy atom. The van der Waals surface area contributed by atoms with Gasteiger partial charge in [-0.2, -0.15) is 0 Å². The Morgan fingerprint density at radius 1 is 0.630 bits per heavy atom. The van der Waals surface area contributed by atoms with Crippen LogP contribution in [0.1, 0.15) is 12.0 Å². The largest absolute Gasteiger partial charge is 0.472 e. The molecule has 4 rings (SSSR count). The molecular weight excluding hydrogens is 347 g/mol. The average molecular weight is 370 g/mol. The molecule has 1 nitrogen and oxygen atoms in total. The Hall–Kier alpha value is -2.76. The highest BCUT2D eigenvalue weighted by Gasteiger charge is 2.24. The molecule has 0 amide bonds. The summed E-state index contributed by atoms with van der Waals surface area (Å²) in [6.45, 7) is -1.83. The first-order valence-electron chi connectivity index (χ1n) is 9.30. The van der Waals surface area contributed by atoms with Gasteiger partial charge in [0.2, 0.25) is 0 Å². The maximum absolute atomic E-state index is 5.25. The number of hydrogen-bond acceptors (Lipinski definition) is 1. The molecule has 0 saturated heterocycles. The highest BCUT2D eigenvalue weighted by Crippen LogP contribution is 2.43. The molecule has 0 spiro atoms. The summed E-state index contributed by atoms with van der Waals surface area (Å²) in [6, 6.07) is 34.9. The van der Waals surface area contributed by atoms with E-state index in [4.69, 9.17) is 4.42 Å². The first-order valence-corrected chi connectivity index (χ1v) is 11.2. The first kappa shape index (κ1) is 17.6. The van der Waals surface area contributed by atoms with E-state index in [-0.39, 0.29) is 0 Å². The van der Waals surface area contributed by atoms with Crippen molar-refractivity contribution in [3.05, 3.63) is 115 Å². The maximum Gasteiger partial charge on any atom is 0.0934 e. The molecular formula is C25H23OP. The van der Waals surface area contributed by atoms with Crippen molar-refractivity contribution in [3.8, 4) is 0 Å². The van der Waals surface area contributed by atoms with Crippen LogP contribution in [0.25, 0.3) is 0 Å². The zero-order valence-corrected chi connectivity index (χ0v) is 16.1. The quantitative estimate of drug-likeness (QED) is 0.435. The molecule has 0 atom stereocenters. The summed E-state index contributed by atoms with van der Waals surface area (Å²) in [6.07, 6.45) is 5.60. The molecule has 0 aliphatic rings. The highest BCUT2D eigenvalue weighted by molar-refractivity contribution is 7.94. The Bertz CT molecular complexity index is 900. The van der Waals surface area contributed by atoms with Crippen LogP contribution in [0, 0.1) is 0 Å². The summed E-state index contributed by atoms with van der Waals surface area (Å²) in [7, 11) is 0. The van der Waals surface area contributed by atoms with Gasteiger partial charge in [-0.3, -0.25) is 0 Å². The lowest BCUT2D eigenvalue weighted by molar-refractivity contribution is 0.564. The van der Waals surface area contributed by atoms with E-state index in [0.29, 0.717) is 0 Å². The standard InChI is InChI=1S/C25H23OP/c1-4-12-23(13-5-1)27(24-14-6-2-7-15-24,25-16-8-3-9-17-25)20-10-11-22-18-19-26-21-22/h1-9,12-21H,10-11H2. The van der Waals surface area contributed by atoms with E-state index < -0.39 is 6.89 Å². The molecule has 0 fully saturated rings. The van der Waals surface area contributed by atoms with E-state index in [1.54, 1.807) is 6.26 Å². The molecule has 134 valence electrons.